The molecule has 184 valence electrons. The van der Waals surface area contributed by atoms with Crippen LogP contribution in [0.4, 0.5) is 4.79 Å². The average Bonchev–Trinajstić information content (AvgIpc) is 3.65. The van der Waals surface area contributed by atoms with Gasteiger partial charge in [0.2, 0.25) is 5.91 Å². The van der Waals surface area contributed by atoms with Gasteiger partial charge in [-0.15, -0.1) is 0 Å². The zero-order valence-electron chi connectivity index (χ0n) is 19.7. The number of alkyl carbamates (subject to hydrolysis) is 1. The van der Waals surface area contributed by atoms with E-state index in [0.717, 1.165) is 36.8 Å². The second kappa shape index (κ2) is 10.1. The molecule has 2 saturated carbocycles. The van der Waals surface area contributed by atoms with Crippen LogP contribution in [0.25, 0.3) is 11.1 Å². The molecule has 2 aromatic carbocycles. The first-order chi connectivity index (χ1) is 17.0. The van der Waals surface area contributed by atoms with Gasteiger partial charge in [0.25, 0.3) is 0 Å². The number of benzene rings is 2. The highest BCUT2D eigenvalue weighted by Crippen LogP contribution is 2.44. The van der Waals surface area contributed by atoms with E-state index in [4.69, 9.17) is 4.74 Å². The third-order valence-electron chi connectivity index (χ3n) is 7.66. The number of carboxylic acid groups (broad SMARTS) is 1. The van der Waals surface area contributed by atoms with Crippen molar-refractivity contribution in [3.05, 3.63) is 59.7 Å². The van der Waals surface area contributed by atoms with Crippen molar-refractivity contribution >= 4 is 18.0 Å². The minimum atomic E-state index is -0.904. The van der Waals surface area contributed by atoms with Crippen LogP contribution < -0.4 is 10.6 Å². The highest BCUT2D eigenvalue weighted by molar-refractivity contribution is 5.82. The van der Waals surface area contributed by atoms with E-state index in [0.29, 0.717) is 12.8 Å². The Morgan fingerprint density at radius 2 is 1.54 bits per heavy atom. The number of rotatable bonds is 8. The van der Waals surface area contributed by atoms with E-state index in [1.807, 2.05) is 24.3 Å². The van der Waals surface area contributed by atoms with Crippen LogP contribution in [0.3, 0.4) is 0 Å². The van der Waals surface area contributed by atoms with Crippen molar-refractivity contribution in [2.75, 3.05) is 6.61 Å². The number of aliphatic carboxylic acids is 1. The van der Waals surface area contributed by atoms with Crippen LogP contribution in [0.5, 0.6) is 0 Å². The Morgan fingerprint density at radius 3 is 2.17 bits per heavy atom. The van der Waals surface area contributed by atoms with Crippen LogP contribution in [0, 0.1) is 11.8 Å². The fourth-order valence-electron chi connectivity index (χ4n) is 5.72. The number of ether oxygens (including phenoxy) is 1. The third kappa shape index (κ3) is 5.19. The number of nitrogens with one attached hydrogen (secondary N) is 2. The van der Waals surface area contributed by atoms with Gasteiger partial charge in [-0.25, -0.2) is 4.79 Å². The summed E-state index contributed by atoms with van der Waals surface area (Å²) in [6.07, 6.45) is 4.54. The van der Waals surface area contributed by atoms with Crippen molar-refractivity contribution in [2.45, 2.75) is 62.9 Å². The maximum absolute atomic E-state index is 13.1. The van der Waals surface area contributed by atoms with Gasteiger partial charge in [-0.3, -0.25) is 9.59 Å². The molecule has 3 atom stereocenters. The lowest BCUT2D eigenvalue weighted by Gasteiger charge is -2.32. The Labute approximate surface area is 205 Å². The molecule has 2 fully saturated rings. The second-order valence-corrected chi connectivity index (χ2v) is 10.0. The molecular formula is C28H32N2O5. The number of carboxylic acids is 1. The zero-order chi connectivity index (χ0) is 24.4. The molecule has 0 radical (unpaired) electrons. The predicted molar refractivity (Wildman–Crippen MR) is 131 cm³/mol. The van der Waals surface area contributed by atoms with Crippen LogP contribution in [0.2, 0.25) is 0 Å². The zero-order valence-corrected chi connectivity index (χ0v) is 19.7. The van der Waals surface area contributed by atoms with Gasteiger partial charge in [-0.2, -0.15) is 0 Å². The molecule has 0 bridgehead atoms. The summed E-state index contributed by atoms with van der Waals surface area (Å²) in [6.45, 7) is 0.228. The first-order valence-electron chi connectivity index (χ1n) is 12.6. The van der Waals surface area contributed by atoms with Crippen LogP contribution in [-0.4, -0.2) is 41.8 Å². The minimum absolute atomic E-state index is 0.0195. The molecule has 3 unspecified atom stereocenters. The predicted octanol–water partition coefficient (Wildman–Crippen LogP) is 4.45. The van der Waals surface area contributed by atoms with Crippen molar-refractivity contribution in [2.24, 2.45) is 11.8 Å². The SMILES string of the molecule is O=C(O)CC(NC(=O)C1CCCCC1NC(=O)OCC1c2ccccc2-c2ccccc21)C1CC1. The van der Waals surface area contributed by atoms with E-state index in [-0.39, 0.29) is 48.8 Å². The minimum Gasteiger partial charge on any atom is -0.481 e. The Hall–Kier alpha value is -3.35. The van der Waals surface area contributed by atoms with Gasteiger partial charge in [0.1, 0.15) is 6.61 Å². The van der Waals surface area contributed by atoms with Crippen LogP contribution in [0.15, 0.2) is 48.5 Å². The third-order valence-corrected chi connectivity index (χ3v) is 7.66. The highest BCUT2D eigenvalue weighted by Gasteiger charge is 2.38. The Balaban J connectivity index is 1.20. The quantitative estimate of drug-likeness (QED) is 0.522. The van der Waals surface area contributed by atoms with Crippen LogP contribution in [-0.2, 0) is 14.3 Å². The van der Waals surface area contributed by atoms with Crippen molar-refractivity contribution < 1.29 is 24.2 Å². The lowest BCUT2D eigenvalue weighted by molar-refractivity contribution is -0.138. The van der Waals surface area contributed by atoms with Gasteiger partial charge in [-0.1, -0.05) is 61.4 Å². The van der Waals surface area contributed by atoms with E-state index >= 15 is 0 Å². The molecule has 3 aliphatic carbocycles. The summed E-state index contributed by atoms with van der Waals surface area (Å²) in [7, 11) is 0. The molecule has 7 nitrogen and oxygen atoms in total. The van der Waals surface area contributed by atoms with Gasteiger partial charge in [0.05, 0.1) is 12.3 Å². The molecule has 0 spiro atoms. The number of amides is 2. The molecule has 5 rings (SSSR count). The standard InChI is InChI=1S/C28H32N2O5/c31-26(32)15-25(17-13-14-17)29-27(33)22-11-5-6-12-24(22)30-28(34)35-16-23-20-9-3-1-7-18(20)19-8-2-4-10-21(19)23/h1-4,7-10,17,22-25H,5-6,11-16H2,(H,29,33)(H,30,34)(H,31,32). The van der Waals surface area contributed by atoms with Crippen molar-refractivity contribution in [3.8, 4) is 11.1 Å². The van der Waals surface area contributed by atoms with Gasteiger partial charge in [0.15, 0.2) is 0 Å². The molecule has 3 aliphatic rings. The van der Waals surface area contributed by atoms with E-state index in [1.165, 1.54) is 11.1 Å². The Morgan fingerprint density at radius 1 is 0.914 bits per heavy atom. The Bertz CT molecular complexity index is 1070. The van der Waals surface area contributed by atoms with Crippen molar-refractivity contribution in [1.82, 2.24) is 10.6 Å². The van der Waals surface area contributed by atoms with E-state index < -0.39 is 12.1 Å². The van der Waals surface area contributed by atoms with Crippen molar-refractivity contribution in [1.29, 1.82) is 0 Å². The molecule has 35 heavy (non-hydrogen) atoms. The monoisotopic (exact) mass is 476 g/mol. The Kier molecular flexibility index (Phi) is 6.75. The van der Waals surface area contributed by atoms with E-state index in [1.54, 1.807) is 0 Å². The smallest absolute Gasteiger partial charge is 0.407 e. The maximum atomic E-state index is 13.1. The van der Waals surface area contributed by atoms with Crippen LogP contribution >= 0.6 is 0 Å². The molecule has 7 heteroatoms. The van der Waals surface area contributed by atoms with E-state index in [2.05, 4.69) is 34.9 Å². The summed E-state index contributed by atoms with van der Waals surface area (Å²) < 4.78 is 5.69. The van der Waals surface area contributed by atoms with Gasteiger partial charge in [-0.05, 0) is 53.9 Å². The number of hydrogen-bond donors (Lipinski definition) is 3. The summed E-state index contributed by atoms with van der Waals surface area (Å²) in [5, 5.41) is 15.1. The summed E-state index contributed by atoms with van der Waals surface area (Å²) >= 11 is 0. The number of carbonyl (C=O) groups excluding carboxylic acids is 2. The largest absolute Gasteiger partial charge is 0.481 e. The molecule has 0 aromatic heterocycles. The fourth-order valence-corrected chi connectivity index (χ4v) is 5.72. The van der Waals surface area contributed by atoms with Gasteiger partial charge < -0.3 is 20.5 Å². The fraction of sp³-hybridized carbons (Fsp3) is 0.464. The number of carbonyl (C=O) groups is 3. The summed E-state index contributed by atoms with van der Waals surface area (Å²) in [5.41, 5.74) is 4.65. The van der Waals surface area contributed by atoms with E-state index in [9.17, 15) is 19.5 Å². The number of fused-ring (bicyclic) bond motifs is 3. The molecule has 0 saturated heterocycles. The molecule has 0 aliphatic heterocycles. The average molecular weight is 477 g/mol. The summed E-state index contributed by atoms with van der Waals surface area (Å²) in [4.78, 5) is 37.1. The lowest BCUT2D eigenvalue weighted by Crippen LogP contribution is -2.51. The molecule has 2 amide bonds. The molecule has 2 aromatic rings. The normalized spacial score (nSPS) is 21.9. The second-order valence-electron chi connectivity index (χ2n) is 10.0. The first-order valence-corrected chi connectivity index (χ1v) is 12.6. The van der Waals surface area contributed by atoms with Crippen LogP contribution in [0.1, 0.15) is 62.0 Å². The van der Waals surface area contributed by atoms with Gasteiger partial charge >= 0.3 is 12.1 Å². The highest BCUT2D eigenvalue weighted by atomic mass is 16.5. The first kappa shape index (κ1) is 23.4. The summed E-state index contributed by atoms with van der Waals surface area (Å²) in [6, 6.07) is 15.7. The number of hydrogen-bond acceptors (Lipinski definition) is 4. The van der Waals surface area contributed by atoms with Crippen molar-refractivity contribution in [3.63, 3.8) is 0 Å². The van der Waals surface area contributed by atoms with Gasteiger partial charge in [0, 0.05) is 18.0 Å². The molecule has 0 heterocycles. The lowest BCUT2D eigenvalue weighted by atomic mass is 9.83. The molecular weight excluding hydrogens is 444 g/mol. The topological polar surface area (TPSA) is 105 Å². The molecule has 3 N–H and O–H groups in total. The maximum Gasteiger partial charge on any atom is 0.407 e. The summed E-state index contributed by atoms with van der Waals surface area (Å²) in [5.74, 6) is -1.22.